The number of nitrogens with two attached hydrogens (primary N) is 1. The van der Waals surface area contributed by atoms with Gasteiger partial charge in [0.25, 0.3) is 0 Å². The summed E-state index contributed by atoms with van der Waals surface area (Å²) in [6.45, 7) is 0. The number of nitrogens with zero attached hydrogens (tertiary/aromatic N) is 3. The third-order valence-corrected chi connectivity index (χ3v) is 3.27. The second-order valence-electron chi connectivity index (χ2n) is 4.62. The first-order chi connectivity index (χ1) is 8.74. The van der Waals surface area contributed by atoms with Gasteiger partial charge in [-0.2, -0.15) is 5.10 Å². The van der Waals surface area contributed by atoms with Crippen LogP contribution in [0.15, 0.2) is 24.3 Å². The van der Waals surface area contributed by atoms with Gasteiger partial charge < -0.3 is 5.73 Å². The van der Waals surface area contributed by atoms with Crippen LogP contribution in [0.1, 0.15) is 36.2 Å². The Bertz CT molecular complexity index is 564. The maximum atomic E-state index is 13.5. The van der Waals surface area contributed by atoms with E-state index in [2.05, 4.69) is 10.1 Å². The molecule has 1 aliphatic rings. The zero-order valence-corrected chi connectivity index (χ0v) is 10.0. The van der Waals surface area contributed by atoms with E-state index in [4.69, 9.17) is 5.73 Å². The fourth-order valence-corrected chi connectivity index (χ4v) is 2.32. The molecule has 0 fully saturated rings. The third kappa shape index (κ3) is 2.01. The Morgan fingerprint density at radius 2 is 2.22 bits per heavy atom. The molecule has 0 radical (unpaired) electrons. The molecule has 0 spiro atoms. The van der Waals surface area contributed by atoms with Crippen LogP contribution in [-0.4, -0.2) is 14.8 Å². The molecule has 4 nitrogen and oxygen atoms in total. The van der Waals surface area contributed by atoms with E-state index in [1.807, 2.05) is 6.07 Å². The Balaban J connectivity index is 1.88. The lowest BCUT2D eigenvalue weighted by atomic mass is 10.1. The molecule has 2 N–H and O–H groups in total. The molecule has 18 heavy (non-hydrogen) atoms. The first-order valence-corrected chi connectivity index (χ1v) is 6.17. The molecule has 0 aliphatic carbocycles. The number of aryl methyl sites for hydroxylation is 1. The van der Waals surface area contributed by atoms with E-state index in [1.165, 1.54) is 6.07 Å². The van der Waals surface area contributed by atoms with Crippen molar-refractivity contribution in [2.24, 2.45) is 5.73 Å². The predicted molar refractivity (Wildman–Crippen MR) is 65.4 cm³/mol. The average molecular weight is 246 g/mol. The predicted octanol–water partition coefficient (Wildman–Crippen LogP) is 1.80. The Kier molecular flexibility index (Phi) is 2.83. The Morgan fingerprint density at radius 1 is 1.39 bits per heavy atom. The molecule has 5 heteroatoms. The van der Waals surface area contributed by atoms with Gasteiger partial charge in [0.05, 0.1) is 0 Å². The van der Waals surface area contributed by atoms with E-state index in [9.17, 15) is 4.39 Å². The highest BCUT2D eigenvalue weighted by molar-refractivity contribution is 5.21. The van der Waals surface area contributed by atoms with Crippen LogP contribution in [-0.2, 0) is 12.8 Å². The van der Waals surface area contributed by atoms with Crippen LogP contribution in [0.4, 0.5) is 4.39 Å². The average Bonchev–Trinajstić information content (AvgIpc) is 2.76. The van der Waals surface area contributed by atoms with Crippen LogP contribution in [0.3, 0.4) is 0 Å². The highest BCUT2D eigenvalue weighted by Gasteiger charge is 2.20. The molecule has 1 aromatic heterocycles. The van der Waals surface area contributed by atoms with E-state index in [1.54, 1.807) is 16.8 Å². The van der Waals surface area contributed by atoms with Gasteiger partial charge in [-0.15, -0.1) is 0 Å². The first-order valence-electron chi connectivity index (χ1n) is 6.17. The molecule has 1 unspecified atom stereocenters. The molecule has 0 saturated heterocycles. The fourth-order valence-electron chi connectivity index (χ4n) is 2.32. The number of fused-ring (bicyclic) bond motifs is 1. The molecule has 3 rings (SSSR count). The zero-order valence-electron chi connectivity index (χ0n) is 10.0. The van der Waals surface area contributed by atoms with E-state index in [-0.39, 0.29) is 12.0 Å². The van der Waals surface area contributed by atoms with Crippen molar-refractivity contribution in [1.29, 1.82) is 0 Å². The molecule has 2 heterocycles. The number of halogens is 1. The maximum absolute atomic E-state index is 13.5. The van der Waals surface area contributed by atoms with E-state index >= 15 is 0 Å². The molecule has 2 aromatic rings. The summed E-state index contributed by atoms with van der Waals surface area (Å²) in [5, 5.41) is 4.38. The smallest absolute Gasteiger partial charge is 0.155 e. The monoisotopic (exact) mass is 246 g/mol. The Morgan fingerprint density at radius 3 is 3.00 bits per heavy atom. The van der Waals surface area contributed by atoms with Gasteiger partial charge in [0.15, 0.2) is 5.82 Å². The minimum atomic E-state index is -0.213. The van der Waals surface area contributed by atoms with Gasteiger partial charge in [0.1, 0.15) is 17.8 Å². The quantitative estimate of drug-likeness (QED) is 0.879. The van der Waals surface area contributed by atoms with Crippen molar-refractivity contribution < 1.29 is 4.39 Å². The minimum absolute atomic E-state index is 0.0874. The molecule has 94 valence electrons. The first kappa shape index (κ1) is 11.3. The van der Waals surface area contributed by atoms with Gasteiger partial charge in [-0.25, -0.2) is 14.1 Å². The number of hydrogen-bond acceptors (Lipinski definition) is 3. The summed E-state index contributed by atoms with van der Waals surface area (Å²) in [7, 11) is 0. The zero-order chi connectivity index (χ0) is 12.5. The van der Waals surface area contributed by atoms with Crippen molar-refractivity contribution in [3.63, 3.8) is 0 Å². The lowest BCUT2D eigenvalue weighted by Gasteiger charge is -2.18. The largest absolute Gasteiger partial charge is 0.310 e. The Hall–Kier alpha value is -1.75. The van der Waals surface area contributed by atoms with Gasteiger partial charge in [0.2, 0.25) is 0 Å². The molecule has 1 aliphatic heterocycles. The van der Waals surface area contributed by atoms with Gasteiger partial charge in [0, 0.05) is 12.8 Å². The number of aromatic nitrogens is 3. The summed E-state index contributed by atoms with van der Waals surface area (Å²) in [5.74, 6) is 1.35. The second kappa shape index (κ2) is 4.49. The summed E-state index contributed by atoms with van der Waals surface area (Å²) in [4.78, 5) is 4.44. The molecule has 1 atom stereocenters. The number of hydrogen-bond donors (Lipinski definition) is 1. The summed E-state index contributed by atoms with van der Waals surface area (Å²) in [6.07, 6.45) is 3.20. The van der Waals surface area contributed by atoms with Gasteiger partial charge in [-0.05, 0) is 24.5 Å². The normalized spacial score (nSPS) is 18.7. The van der Waals surface area contributed by atoms with E-state index in [0.29, 0.717) is 17.8 Å². The fraction of sp³-hybridized carbons (Fsp3) is 0.385. The summed E-state index contributed by atoms with van der Waals surface area (Å²) in [6, 6.07) is 6.72. The highest BCUT2D eigenvalue weighted by Crippen LogP contribution is 2.20. The molecular formula is C13H15FN4. The van der Waals surface area contributed by atoms with Crippen LogP contribution < -0.4 is 5.73 Å². The molecule has 0 bridgehead atoms. The van der Waals surface area contributed by atoms with Crippen molar-refractivity contribution in [1.82, 2.24) is 14.8 Å². The maximum Gasteiger partial charge on any atom is 0.155 e. The van der Waals surface area contributed by atoms with Crippen molar-refractivity contribution in [2.75, 3.05) is 0 Å². The van der Waals surface area contributed by atoms with Gasteiger partial charge in [-0.3, -0.25) is 0 Å². The SMILES string of the molecule is NC1CCCc2nc(Cc3ccccc3F)nn21. The summed E-state index contributed by atoms with van der Waals surface area (Å²) < 4.78 is 15.3. The van der Waals surface area contributed by atoms with Gasteiger partial charge in [-0.1, -0.05) is 18.2 Å². The lowest BCUT2D eigenvalue weighted by molar-refractivity contribution is 0.371. The third-order valence-electron chi connectivity index (χ3n) is 3.27. The van der Waals surface area contributed by atoms with Crippen LogP contribution in [0.5, 0.6) is 0 Å². The van der Waals surface area contributed by atoms with Crippen molar-refractivity contribution in [2.45, 2.75) is 31.8 Å². The minimum Gasteiger partial charge on any atom is -0.310 e. The lowest BCUT2D eigenvalue weighted by Crippen LogP contribution is -2.25. The van der Waals surface area contributed by atoms with Crippen LogP contribution in [0.2, 0.25) is 0 Å². The van der Waals surface area contributed by atoms with Crippen LogP contribution in [0.25, 0.3) is 0 Å². The van der Waals surface area contributed by atoms with Crippen LogP contribution in [0, 0.1) is 5.82 Å². The Labute approximate surface area is 105 Å². The number of rotatable bonds is 2. The van der Waals surface area contributed by atoms with E-state index < -0.39 is 0 Å². The number of benzene rings is 1. The summed E-state index contributed by atoms with van der Waals surface area (Å²) >= 11 is 0. The van der Waals surface area contributed by atoms with Crippen molar-refractivity contribution in [3.8, 4) is 0 Å². The highest BCUT2D eigenvalue weighted by atomic mass is 19.1. The van der Waals surface area contributed by atoms with E-state index in [0.717, 1.165) is 25.1 Å². The molecule has 1 aromatic carbocycles. The molecule has 0 amide bonds. The van der Waals surface area contributed by atoms with Crippen molar-refractivity contribution in [3.05, 3.63) is 47.3 Å². The molecule has 0 saturated carbocycles. The standard InChI is InChI=1S/C13H15FN4/c14-10-5-2-1-4-9(10)8-12-16-13-7-3-6-11(15)18(13)17-12/h1-2,4-5,11H,3,6-8,15H2. The second-order valence-corrected chi connectivity index (χ2v) is 4.62. The topological polar surface area (TPSA) is 56.7 Å². The van der Waals surface area contributed by atoms with Crippen molar-refractivity contribution >= 4 is 0 Å². The van der Waals surface area contributed by atoms with Crippen LogP contribution >= 0.6 is 0 Å². The molecular weight excluding hydrogens is 231 g/mol. The van der Waals surface area contributed by atoms with Gasteiger partial charge >= 0.3 is 0 Å². The summed E-state index contributed by atoms with van der Waals surface area (Å²) in [5.41, 5.74) is 6.59.